The number of hydrogen-bond acceptors (Lipinski definition) is 4. The number of benzene rings is 1. The van der Waals surface area contributed by atoms with Crippen LogP contribution in [-0.4, -0.2) is 49.9 Å². The molecule has 1 aromatic carbocycles. The van der Waals surface area contributed by atoms with Crippen molar-refractivity contribution in [3.8, 4) is 0 Å². The van der Waals surface area contributed by atoms with Gasteiger partial charge in [0.2, 0.25) is 10.0 Å². The topological polar surface area (TPSA) is 104 Å². The molecule has 1 aromatic rings. The fraction of sp³-hybridized carbons (Fsp3) is 0.375. The predicted molar refractivity (Wildman–Crippen MR) is 88.0 cm³/mol. The van der Waals surface area contributed by atoms with Crippen molar-refractivity contribution in [2.45, 2.75) is 11.8 Å². The molecule has 1 saturated heterocycles. The lowest BCUT2D eigenvalue weighted by Crippen LogP contribution is -2.30. The van der Waals surface area contributed by atoms with Gasteiger partial charge in [-0.2, -0.15) is 0 Å². The van der Waals surface area contributed by atoms with Crippen LogP contribution >= 0.6 is 0 Å². The number of likely N-dealkylation sites (tertiary alicyclic amines) is 1. The second kappa shape index (κ2) is 7.14. The fourth-order valence-electron chi connectivity index (χ4n) is 2.67. The Kier molecular flexibility index (Phi) is 5.40. The molecule has 1 amide bonds. The van der Waals surface area contributed by atoms with Gasteiger partial charge in [-0.05, 0) is 30.2 Å². The lowest BCUT2D eigenvalue weighted by molar-refractivity contribution is -0.142. The molecule has 24 heavy (non-hydrogen) atoms. The van der Waals surface area contributed by atoms with Crippen LogP contribution in [0.3, 0.4) is 0 Å². The Morgan fingerprint density at radius 2 is 1.96 bits per heavy atom. The average Bonchev–Trinajstić information content (AvgIpc) is 2.94. The molecule has 1 aliphatic heterocycles. The van der Waals surface area contributed by atoms with E-state index in [0.717, 1.165) is 0 Å². The lowest BCUT2D eigenvalue weighted by Gasteiger charge is -2.16. The zero-order valence-electron chi connectivity index (χ0n) is 13.3. The summed E-state index contributed by atoms with van der Waals surface area (Å²) in [5, 5.41) is 9.13. The molecule has 0 spiro atoms. The molecule has 130 valence electrons. The Bertz CT molecular complexity index is 742. The van der Waals surface area contributed by atoms with Crippen molar-refractivity contribution in [2.75, 3.05) is 19.6 Å². The number of nitrogens with zero attached hydrogens (tertiary/aromatic N) is 1. The number of rotatable bonds is 6. The van der Waals surface area contributed by atoms with E-state index >= 15 is 0 Å². The van der Waals surface area contributed by atoms with Crippen molar-refractivity contribution < 1.29 is 23.1 Å². The van der Waals surface area contributed by atoms with E-state index in [1.165, 1.54) is 35.2 Å². The number of nitrogens with one attached hydrogen (secondary N) is 1. The van der Waals surface area contributed by atoms with Crippen LogP contribution < -0.4 is 4.72 Å². The maximum Gasteiger partial charge on any atom is 0.308 e. The van der Waals surface area contributed by atoms with Gasteiger partial charge in [-0.25, -0.2) is 13.1 Å². The SMILES string of the molecule is C=CCNS(=O)(=O)c1ccc(C(=O)N2C[C@@H](C)[C@H](C(=O)O)C2)cc1. The van der Waals surface area contributed by atoms with Gasteiger partial charge in [0.15, 0.2) is 0 Å². The van der Waals surface area contributed by atoms with E-state index < -0.39 is 21.9 Å². The summed E-state index contributed by atoms with van der Waals surface area (Å²) in [6, 6.07) is 5.58. The number of carbonyl (C=O) groups is 2. The molecule has 0 aliphatic carbocycles. The highest BCUT2D eigenvalue weighted by atomic mass is 32.2. The number of aliphatic carboxylic acids is 1. The number of carboxylic acids is 1. The van der Waals surface area contributed by atoms with Crippen molar-refractivity contribution in [2.24, 2.45) is 11.8 Å². The largest absolute Gasteiger partial charge is 0.481 e. The first-order valence-electron chi connectivity index (χ1n) is 7.49. The normalized spacial score (nSPS) is 20.8. The first-order chi connectivity index (χ1) is 11.3. The third kappa shape index (κ3) is 3.82. The highest BCUT2D eigenvalue weighted by Gasteiger charge is 2.37. The number of hydrogen-bond donors (Lipinski definition) is 2. The molecule has 2 atom stereocenters. The van der Waals surface area contributed by atoms with Gasteiger partial charge >= 0.3 is 5.97 Å². The van der Waals surface area contributed by atoms with E-state index in [1.807, 2.05) is 0 Å². The maximum atomic E-state index is 12.4. The van der Waals surface area contributed by atoms with Gasteiger partial charge in [0.1, 0.15) is 0 Å². The third-order valence-corrected chi connectivity index (χ3v) is 5.49. The zero-order valence-corrected chi connectivity index (χ0v) is 14.1. The molecule has 0 radical (unpaired) electrons. The molecule has 1 fully saturated rings. The molecule has 2 rings (SSSR count). The summed E-state index contributed by atoms with van der Waals surface area (Å²) < 4.78 is 26.3. The highest BCUT2D eigenvalue weighted by molar-refractivity contribution is 7.89. The second-order valence-corrected chi connectivity index (χ2v) is 7.56. The van der Waals surface area contributed by atoms with Crippen LogP contribution in [0.1, 0.15) is 17.3 Å². The molecular weight excluding hydrogens is 332 g/mol. The summed E-state index contributed by atoms with van der Waals surface area (Å²) in [5.74, 6) is -1.90. The summed E-state index contributed by atoms with van der Waals surface area (Å²) >= 11 is 0. The Balaban J connectivity index is 2.12. The van der Waals surface area contributed by atoms with Gasteiger partial charge in [-0.1, -0.05) is 13.0 Å². The summed E-state index contributed by atoms with van der Waals surface area (Å²) in [6.07, 6.45) is 1.43. The van der Waals surface area contributed by atoms with Crippen LogP contribution in [-0.2, 0) is 14.8 Å². The maximum absolute atomic E-state index is 12.4. The quantitative estimate of drug-likeness (QED) is 0.742. The van der Waals surface area contributed by atoms with Gasteiger partial charge in [0.05, 0.1) is 10.8 Å². The smallest absolute Gasteiger partial charge is 0.308 e. The molecule has 7 nitrogen and oxygen atoms in total. The first-order valence-corrected chi connectivity index (χ1v) is 8.97. The Morgan fingerprint density at radius 1 is 1.33 bits per heavy atom. The van der Waals surface area contributed by atoms with Crippen molar-refractivity contribution in [1.82, 2.24) is 9.62 Å². The van der Waals surface area contributed by atoms with Crippen LogP contribution in [0, 0.1) is 11.8 Å². The minimum absolute atomic E-state index is 0.0547. The summed E-state index contributed by atoms with van der Waals surface area (Å²) in [7, 11) is -3.64. The Morgan fingerprint density at radius 3 is 2.46 bits per heavy atom. The van der Waals surface area contributed by atoms with E-state index in [0.29, 0.717) is 12.1 Å². The van der Waals surface area contributed by atoms with Crippen LogP contribution in [0.25, 0.3) is 0 Å². The molecule has 0 aromatic heterocycles. The molecule has 0 bridgehead atoms. The summed E-state index contributed by atoms with van der Waals surface area (Å²) in [5.41, 5.74) is 0.330. The molecule has 8 heteroatoms. The van der Waals surface area contributed by atoms with Crippen LogP contribution in [0.2, 0.25) is 0 Å². The van der Waals surface area contributed by atoms with E-state index in [1.54, 1.807) is 6.92 Å². The molecule has 0 saturated carbocycles. The number of sulfonamides is 1. The number of carbonyl (C=O) groups excluding carboxylic acids is 1. The first kappa shape index (κ1) is 18.2. The third-order valence-electron chi connectivity index (χ3n) is 4.05. The van der Waals surface area contributed by atoms with Crippen molar-refractivity contribution >= 4 is 21.9 Å². The van der Waals surface area contributed by atoms with E-state index in [2.05, 4.69) is 11.3 Å². The van der Waals surface area contributed by atoms with Gasteiger partial charge in [-0.15, -0.1) is 6.58 Å². The van der Waals surface area contributed by atoms with Gasteiger partial charge in [-0.3, -0.25) is 9.59 Å². The molecule has 1 heterocycles. The fourth-order valence-corrected chi connectivity index (χ4v) is 3.66. The van der Waals surface area contributed by atoms with Crippen molar-refractivity contribution in [1.29, 1.82) is 0 Å². The average molecular weight is 352 g/mol. The summed E-state index contributed by atoms with van der Waals surface area (Å²) in [6.45, 7) is 5.89. The predicted octanol–water partition coefficient (Wildman–Crippen LogP) is 0.944. The molecule has 0 unspecified atom stereocenters. The van der Waals surface area contributed by atoms with E-state index in [9.17, 15) is 18.0 Å². The molecular formula is C16H20N2O5S. The monoisotopic (exact) mass is 352 g/mol. The van der Waals surface area contributed by atoms with Gasteiger partial charge in [0.25, 0.3) is 5.91 Å². The van der Waals surface area contributed by atoms with Crippen LogP contribution in [0.5, 0.6) is 0 Å². The Hall–Kier alpha value is -2.19. The van der Waals surface area contributed by atoms with Crippen LogP contribution in [0.4, 0.5) is 0 Å². The second-order valence-electron chi connectivity index (χ2n) is 5.80. The number of carboxylic acid groups (broad SMARTS) is 1. The van der Waals surface area contributed by atoms with Crippen LogP contribution in [0.15, 0.2) is 41.8 Å². The standard InChI is InChI=1S/C16H20N2O5S/c1-3-8-17-24(22,23)13-6-4-12(5-7-13)15(19)18-9-11(2)14(10-18)16(20)21/h3-7,11,14,17H,1,8-10H2,2H3,(H,20,21)/t11-,14-/m1/s1. The highest BCUT2D eigenvalue weighted by Crippen LogP contribution is 2.25. The summed E-state index contributed by atoms with van der Waals surface area (Å²) in [4.78, 5) is 25.1. The Labute approximate surface area is 141 Å². The molecule has 1 aliphatic rings. The minimum Gasteiger partial charge on any atom is -0.481 e. The molecule has 2 N–H and O–H groups in total. The van der Waals surface area contributed by atoms with Gasteiger partial charge < -0.3 is 10.0 Å². The zero-order chi connectivity index (χ0) is 17.9. The van der Waals surface area contributed by atoms with Crippen molar-refractivity contribution in [3.63, 3.8) is 0 Å². The van der Waals surface area contributed by atoms with E-state index in [4.69, 9.17) is 5.11 Å². The van der Waals surface area contributed by atoms with E-state index in [-0.39, 0.29) is 29.8 Å². The minimum atomic E-state index is -3.64. The lowest BCUT2D eigenvalue weighted by atomic mass is 9.99. The number of amides is 1. The van der Waals surface area contributed by atoms with Crippen molar-refractivity contribution in [3.05, 3.63) is 42.5 Å². The van der Waals surface area contributed by atoms with Gasteiger partial charge in [0, 0.05) is 25.2 Å².